The average molecular weight is 1710 g/mol. The first kappa shape index (κ1) is 90.8. The Morgan fingerprint density at radius 1 is 0.198 bits per heavy atom. The molecule has 0 aliphatic rings. The third-order valence-electron chi connectivity index (χ3n) is 21.9. The normalized spacial score (nSPS) is 12.9. The van der Waals surface area contributed by atoms with Gasteiger partial charge in [0.25, 0.3) is 33.3 Å². The molecule has 1 atom stereocenters. The van der Waals surface area contributed by atoms with Crippen LogP contribution in [0.4, 0.5) is 0 Å². The van der Waals surface area contributed by atoms with Crippen molar-refractivity contribution in [3.63, 3.8) is 0 Å². The predicted molar refractivity (Wildman–Crippen MR) is 514 cm³/mol. The maximum absolute atomic E-state index is 7.82. The van der Waals surface area contributed by atoms with Gasteiger partial charge in [-0.3, -0.25) is 0 Å². The van der Waals surface area contributed by atoms with Crippen molar-refractivity contribution in [1.82, 2.24) is 0 Å². The van der Waals surface area contributed by atoms with Crippen LogP contribution in [-0.2, 0) is 38.6 Å². The van der Waals surface area contributed by atoms with Gasteiger partial charge in [-0.25, -0.2) is 0 Å². The van der Waals surface area contributed by atoms with Crippen LogP contribution in [0.3, 0.4) is 0 Å². The Kier molecular flexibility index (Phi) is 33.2. The highest BCUT2D eigenvalue weighted by Crippen LogP contribution is 2.38. The Balaban J connectivity index is 0.000000188. The third-order valence-corrected chi connectivity index (χ3v) is 66.0. The summed E-state index contributed by atoms with van der Waals surface area (Å²) in [4.78, 5) is 0. The fraction of sp³-hybridized carbons (Fsp3) is 0.258. The average Bonchev–Trinajstić information content (AvgIpc) is 0.751. The summed E-state index contributed by atoms with van der Waals surface area (Å²) in [5.74, 6) is 0. The second-order valence-electron chi connectivity index (χ2n) is 32.0. The molecule has 0 heterocycles. The zero-order chi connectivity index (χ0) is 82.7. The highest BCUT2D eigenvalue weighted by Gasteiger charge is 2.59. The van der Waals surface area contributed by atoms with Crippen LogP contribution in [-0.4, -0.2) is 117 Å². The van der Waals surface area contributed by atoms with Crippen LogP contribution in [0.2, 0.25) is 88.3 Å². The fourth-order valence-corrected chi connectivity index (χ4v) is 66.3. The van der Waals surface area contributed by atoms with Crippen LogP contribution in [0.25, 0.3) is 0 Å². The lowest BCUT2D eigenvalue weighted by atomic mass is 10.3. The van der Waals surface area contributed by atoms with Gasteiger partial charge in [0, 0.05) is 38.2 Å². The maximum Gasteiger partial charge on any atom is 0.503 e. The van der Waals surface area contributed by atoms with E-state index in [-0.39, 0.29) is 5.16 Å². The zero-order valence-electron chi connectivity index (χ0n) is 71.3. The second kappa shape index (κ2) is 42.4. The summed E-state index contributed by atoms with van der Waals surface area (Å²) >= 11 is 0. The monoisotopic (exact) mass is 1710 g/mol. The standard InChI is InChI=1S/C42H46O2Si4.C28H40O4Si3.C27H38O3Si3/c1-45(2,43-47(37-23-11-5-12-24-37,38-25-13-6-14-26-38)39-27-15-7-16-28-39)35-36-46(3,4)44-48(40-29-17-8-18-30-40,41-31-19-9-20-32-41)42-33-21-10-22-34-42;1-7-29-35(30-8-2,31-9-3)25(4)33(5,6)32-34(26-19-13-10-14-20-26,27-21-15-11-16-22-27)28-23-17-12-18-24-28;1-6-28-32(5,29-7-2)24-23-31(3,4)30-33(25-17-11-8-12-18-25,26-19-13-9-14-20-26)27-21-15-10-16-22-27/h5-34H,35-36H2,1-4H3;10-25H,7-9H2,1-6H3;8-22H,6-7,23-24H2,1-5H3. The van der Waals surface area contributed by atoms with Crippen LogP contribution >= 0.6 is 0 Å². The Morgan fingerprint density at radius 3 is 0.500 bits per heavy atom. The molecule has 12 aromatic carbocycles. The molecule has 1 unspecified atom stereocenters. The van der Waals surface area contributed by atoms with Crippen LogP contribution < -0.4 is 62.2 Å². The van der Waals surface area contributed by atoms with E-state index in [1.54, 1.807) is 0 Å². The molecule has 0 fully saturated rings. The molecule has 0 amide bonds. The van der Waals surface area contributed by atoms with Crippen LogP contribution in [0.5, 0.6) is 0 Å². The fourth-order valence-electron chi connectivity index (χ4n) is 16.1. The van der Waals surface area contributed by atoms with Gasteiger partial charge in [0.15, 0.2) is 33.3 Å². The Bertz CT molecular complexity index is 4230. The molecule has 0 radical (unpaired) electrons. The molecule has 0 aromatic heterocycles. The minimum atomic E-state index is -2.98. The van der Waals surface area contributed by atoms with E-state index in [4.69, 9.17) is 38.6 Å². The molecular formula is C97H124O9Si10. The number of benzene rings is 12. The molecule has 12 rings (SSSR count). The van der Waals surface area contributed by atoms with E-state index >= 15 is 0 Å². The first-order chi connectivity index (χ1) is 56.0. The van der Waals surface area contributed by atoms with E-state index in [1.807, 2.05) is 20.8 Å². The van der Waals surface area contributed by atoms with Gasteiger partial charge in [-0.05, 0) is 180 Å². The lowest BCUT2D eigenvalue weighted by Gasteiger charge is -2.45. The van der Waals surface area contributed by atoms with Crippen LogP contribution in [0.1, 0.15) is 41.5 Å². The summed E-state index contributed by atoms with van der Waals surface area (Å²) in [6.07, 6.45) is 0. The van der Waals surface area contributed by atoms with Gasteiger partial charge in [-0.15, -0.1) is 0 Å². The van der Waals surface area contributed by atoms with Crippen molar-refractivity contribution in [1.29, 1.82) is 0 Å². The summed E-state index contributed by atoms with van der Waals surface area (Å²) in [6, 6.07) is 135. The minimum absolute atomic E-state index is 0.0397. The van der Waals surface area contributed by atoms with E-state index in [2.05, 4.69) is 444 Å². The topological polar surface area (TPSA) is 83.1 Å². The van der Waals surface area contributed by atoms with Gasteiger partial charge in [0.2, 0.25) is 0 Å². The molecule has 19 heteroatoms. The SMILES string of the molecule is CCO[Si](C)(CC[Si](C)(C)O[Si](c1ccccc1)(c1ccccc1)c1ccccc1)OCC.CCO[Si](OCC)(OCC)C(C)[Si](C)(C)O[Si](c1ccccc1)(c1ccccc1)c1ccccc1.C[Si](C)(CC[Si](C)(C)O[Si](c1ccccc1)(c1ccccc1)c1ccccc1)O[Si](c1ccccc1)(c1ccccc1)c1ccccc1. The van der Waals surface area contributed by atoms with E-state index < -0.39 is 83.9 Å². The number of rotatable bonds is 38. The summed E-state index contributed by atoms with van der Waals surface area (Å²) < 4.78 is 62.2. The van der Waals surface area contributed by atoms with E-state index in [1.165, 1.54) is 62.2 Å². The zero-order valence-corrected chi connectivity index (χ0v) is 81.3. The molecular weight excluding hydrogens is 1590 g/mol. The van der Waals surface area contributed by atoms with E-state index in [0.717, 1.165) is 24.2 Å². The molecule has 9 nitrogen and oxygen atoms in total. The minimum Gasteiger partial charge on any atom is -0.446 e. The molecule has 0 N–H and O–H groups in total. The van der Waals surface area contributed by atoms with Gasteiger partial charge in [0.05, 0.1) is 0 Å². The van der Waals surface area contributed by atoms with E-state index in [0.29, 0.717) is 33.0 Å². The Labute approximate surface area is 706 Å². The second-order valence-corrected chi connectivity index (χ2v) is 70.7. The van der Waals surface area contributed by atoms with Gasteiger partial charge in [-0.2, -0.15) is 0 Å². The lowest BCUT2D eigenvalue weighted by molar-refractivity contribution is 0.0675. The molecule has 0 aliphatic heterocycles. The summed E-state index contributed by atoms with van der Waals surface area (Å²) in [6.45, 7) is 36.6. The molecule has 0 saturated heterocycles. The van der Waals surface area contributed by atoms with Crippen molar-refractivity contribution in [2.45, 2.75) is 130 Å². The van der Waals surface area contributed by atoms with Crippen molar-refractivity contribution in [2.75, 3.05) is 33.0 Å². The van der Waals surface area contributed by atoms with Crippen LogP contribution in [0, 0.1) is 0 Å². The Hall–Kier alpha value is -7.55. The molecule has 0 bridgehead atoms. The molecule has 0 aliphatic carbocycles. The Morgan fingerprint density at radius 2 is 0.345 bits per heavy atom. The quantitative estimate of drug-likeness (QED) is 0.0278. The van der Waals surface area contributed by atoms with Crippen molar-refractivity contribution in [3.05, 3.63) is 364 Å². The third kappa shape index (κ3) is 22.3. The predicted octanol–water partition coefficient (Wildman–Crippen LogP) is 16.6. The molecule has 0 saturated carbocycles. The van der Waals surface area contributed by atoms with Gasteiger partial charge < -0.3 is 38.6 Å². The first-order valence-electron chi connectivity index (χ1n) is 41.6. The highest BCUT2D eigenvalue weighted by atomic mass is 28.5. The van der Waals surface area contributed by atoms with Gasteiger partial charge in [-0.1, -0.05) is 371 Å². The van der Waals surface area contributed by atoms with Crippen molar-refractivity contribution >= 4 is 146 Å². The van der Waals surface area contributed by atoms with Crippen molar-refractivity contribution < 1.29 is 38.6 Å². The molecule has 0 spiro atoms. The summed E-state index contributed by atoms with van der Waals surface area (Å²) in [5, 5.41) is 15.4. The van der Waals surface area contributed by atoms with Gasteiger partial charge >= 0.3 is 17.4 Å². The largest absolute Gasteiger partial charge is 0.503 e. The van der Waals surface area contributed by atoms with E-state index in [9.17, 15) is 0 Å². The summed E-state index contributed by atoms with van der Waals surface area (Å²) in [7, 11) is -25.5. The van der Waals surface area contributed by atoms with Crippen molar-refractivity contribution in [2.24, 2.45) is 0 Å². The molecule has 606 valence electrons. The summed E-state index contributed by atoms with van der Waals surface area (Å²) in [5.41, 5.74) is 0. The number of hydrogen-bond donors (Lipinski definition) is 0. The smallest absolute Gasteiger partial charge is 0.446 e. The molecule has 116 heavy (non-hydrogen) atoms. The van der Waals surface area contributed by atoms with Crippen molar-refractivity contribution in [3.8, 4) is 0 Å². The number of hydrogen-bond acceptors (Lipinski definition) is 9. The first-order valence-corrected chi connectivity index (χ1v) is 65.9. The highest BCUT2D eigenvalue weighted by molar-refractivity contribution is 7.13. The van der Waals surface area contributed by atoms with Gasteiger partial charge in [0.1, 0.15) is 0 Å². The maximum atomic E-state index is 7.82. The molecule has 12 aromatic rings. The van der Waals surface area contributed by atoms with Crippen LogP contribution in [0.15, 0.2) is 364 Å². The lowest BCUT2D eigenvalue weighted by Crippen LogP contribution is -2.74.